The van der Waals surface area contributed by atoms with Gasteiger partial charge in [-0.25, -0.2) is 0 Å². The number of methoxy groups -OCH3 is 1. The van der Waals surface area contributed by atoms with E-state index in [0.717, 1.165) is 5.56 Å². The zero-order valence-corrected chi connectivity index (χ0v) is 28.4. The first-order valence-electron chi connectivity index (χ1n) is 16.4. The van der Waals surface area contributed by atoms with E-state index in [1.807, 2.05) is 26.0 Å². The Labute approximate surface area is 284 Å². The number of esters is 1. The minimum absolute atomic E-state index is 0.0424. The first-order valence-corrected chi connectivity index (χ1v) is 16.4. The van der Waals surface area contributed by atoms with Gasteiger partial charge >= 0.3 is 5.97 Å². The van der Waals surface area contributed by atoms with Crippen LogP contribution in [-0.4, -0.2) is 95.6 Å². The summed E-state index contributed by atoms with van der Waals surface area (Å²) in [4.78, 5) is 81.5. The van der Waals surface area contributed by atoms with E-state index in [0.29, 0.717) is 29.0 Å². The van der Waals surface area contributed by atoms with Crippen molar-refractivity contribution in [1.82, 2.24) is 10.2 Å². The fourth-order valence-electron chi connectivity index (χ4n) is 7.98. The number of rotatable bonds is 10. The average molecular weight is 678 g/mol. The molecule has 2 aromatic rings. The Balaban J connectivity index is 1.57. The molecule has 5 N–H and O–H groups in total. The molecule has 0 saturated heterocycles. The van der Waals surface area contributed by atoms with Crippen LogP contribution in [0.2, 0.25) is 0 Å². The Kier molecular flexibility index (Phi) is 9.84. The monoisotopic (exact) mass is 677 g/mol. The van der Waals surface area contributed by atoms with Crippen molar-refractivity contribution in [2.45, 2.75) is 57.8 Å². The summed E-state index contributed by atoms with van der Waals surface area (Å²) >= 11 is 0. The van der Waals surface area contributed by atoms with Gasteiger partial charge in [0.2, 0.25) is 5.91 Å². The average Bonchev–Trinajstić information content (AvgIpc) is 3.02. The van der Waals surface area contributed by atoms with E-state index in [9.17, 15) is 39.0 Å². The van der Waals surface area contributed by atoms with Crippen LogP contribution in [0, 0.1) is 29.6 Å². The predicted octanol–water partition coefficient (Wildman–Crippen LogP) is 1.22. The van der Waals surface area contributed by atoms with Crippen molar-refractivity contribution in [2.24, 2.45) is 35.3 Å². The molecule has 3 aliphatic carbocycles. The van der Waals surface area contributed by atoms with Gasteiger partial charge in [-0.1, -0.05) is 26.0 Å². The molecule has 1 amide bonds. The molecule has 5 rings (SSSR count). The molecule has 3 unspecified atom stereocenters. The number of phenols is 1. The van der Waals surface area contributed by atoms with Gasteiger partial charge in [-0.15, -0.1) is 0 Å². The molecule has 0 heterocycles. The van der Waals surface area contributed by atoms with Gasteiger partial charge in [0, 0.05) is 18.0 Å². The van der Waals surface area contributed by atoms with Crippen molar-refractivity contribution >= 4 is 35.0 Å². The normalized spacial score (nSPS) is 27.0. The van der Waals surface area contributed by atoms with Crippen molar-refractivity contribution in [3.8, 4) is 22.6 Å². The highest BCUT2D eigenvalue weighted by Crippen LogP contribution is 2.52. The van der Waals surface area contributed by atoms with E-state index in [2.05, 4.69) is 5.32 Å². The van der Waals surface area contributed by atoms with Crippen molar-refractivity contribution in [2.75, 3.05) is 27.8 Å². The van der Waals surface area contributed by atoms with Gasteiger partial charge in [0.25, 0.3) is 0 Å². The van der Waals surface area contributed by atoms with E-state index < -0.39 is 70.4 Å². The van der Waals surface area contributed by atoms with Crippen LogP contribution in [0.1, 0.15) is 48.7 Å². The van der Waals surface area contributed by atoms with E-state index >= 15 is 0 Å². The van der Waals surface area contributed by atoms with Crippen LogP contribution in [0.25, 0.3) is 11.1 Å². The highest BCUT2D eigenvalue weighted by atomic mass is 16.5. The summed E-state index contributed by atoms with van der Waals surface area (Å²) in [6.07, 6.45) is 0.0318. The van der Waals surface area contributed by atoms with Crippen LogP contribution in [-0.2, 0) is 41.7 Å². The summed E-state index contributed by atoms with van der Waals surface area (Å²) in [5, 5.41) is 26.1. The third-order valence-electron chi connectivity index (χ3n) is 10.2. The number of carbonyl (C=O) groups is 6. The van der Waals surface area contributed by atoms with Crippen LogP contribution >= 0.6 is 0 Å². The van der Waals surface area contributed by atoms with Gasteiger partial charge in [0.05, 0.1) is 31.2 Å². The van der Waals surface area contributed by atoms with Crippen molar-refractivity contribution < 1.29 is 48.5 Å². The number of hydrogen-bond donors (Lipinski definition) is 4. The molecule has 49 heavy (non-hydrogen) atoms. The lowest BCUT2D eigenvalue weighted by Gasteiger charge is -2.52. The molecule has 2 aromatic carbocycles. The number of aromatic hydroxyl groups is 1. The summed E-state index contributed by atoms with van der Waals surface area (Å²) in [5.74, 6) is -11.1. The van der Waals surface area contributed by atoms with Gasteiger partial charge in [0.1, 0.15) is 17.5 Å². The molecular formula is C36H43N3O10. The summed E-state index contributed by atoms with van der Waals surface area (Å²) < 4.78 is 10.9. The summed E-state index contributed by atoms with van der Waals surface area (Å²) in [5.41, 5.74) is 4.89. The number of nitrogens with two attached hydrogens (primary N) is 1. The van der Waals surface area contributed by atoms with E-state index in [1.54, 1.807) is 19.1 Å². The van der Waals surface area contributed by atoms with Gasteiger partial charge < -0.3 is 30.7 Å². The number of carbonyl (C=O) groups excluding carboxylic acids is 6. The summed E-state index contributed by atoms with van der Waals surface area (Å²) in [6.45, 7) is 6.12. The van der Waals surface area contributed by atoms with Gasteiger partial charge in [0.15, 0.2) is 34.7 Å². The maximum Gasteiger partial charge on any atom is 0.323 e. The standard InChI is InChI=1S/C36H43N3O10/c1-7-49-35(46)28(16(2)3)38-15-17-8-11-24(48-6)20(12-17)19-9-10-23(40)26-21(19)13-18-14-22-29(39(4)5)31(42)27(34(37)45)33(44)36(22,47)32(43)25(18)30(26)41/h8-12,16,18,22,25,27-29,38,40,47H,7,13-15H2,1-6H3,(H2,37,45)/t18-,22-,25?,27?,28?,29-,36-/m0/s1. The maximum atomic E-state index is 14.2. The quantitative estimate of drug-likeness (QED) is 0.207. The Morgan fingerprint density at radius 2 is 1.78 bits per heavy atom. The van der Waals surface area contributed by atoms with Crippen LogP contribution in [0.4, 0.5) is 0 Å². The molecule has 0 aliphatic heterocycles. The molecule has 2 fully saturated rings. The zero-order valence-electron chi connectivity index (χ0n) is 28.4. The highest BCUT2D eigenvalue weighted by Gasteiger charge is 2.69. The lowest BCUT2D eigenvalue weighted by atomic mass is 9.52. The van der Waals surface area contributed by atoms with Crippen LogP contribution in [0.5, 0.6) is 11.5 Å². The second kappa shape index (κ2) is 13.4. The molecule has 2 saturated carbocycles. The zero-order chi connectivity index (χ0) is 36.1. The number of hydrogen-bond acceptors (Lipinski definition) is 12. The SMILES string of the molecule is CCOC(=O)C(NCc1ccc(OC)c(-c2ccc(O)c3c2C[C@H]2C[C@H]4[C@H](N(C)C)C(=O)C(C(N)=O)C(=O)[C@@]4(O)C(=O)C2C3=O)c1)C(C)C. The van der Waals surface area contributed by atoms with Gasteiger partial charge in [-0.2, -0.15) is 0 Å². The third-order valence-corrected chi connectivity index (χ3v) is 10.2. The van der Waals surface area contributed by atoms with Crippen LogP contribution in [0.3, 0.4) is 0 Å². The number of aliphatic hydroxyl groups is 1. The second-order valence-electron chi connectivity index (χ2n) is 13.7. The van der Waals surface area contributed by atoms with Crippen LogP contribution < -0.4 is 15.8 Å². The Morgan fingerprint density at radius 1 is 1.08 bits per heavy atom. The number of fused-ring (bicyclic) bond motifs is 3. The fourth-order valence-corrected chi connectivity index (χ4v) is 7.98. The number of amides is 1. The number of nitrogens with zero attached hydrogens (tertiary/aromatic N) is 1. The Morgan fingerprint density at radius 3 is 2.37 bits per heavy atom. The lowest BCUT2D eigenvalue weighted by Crippen LogP contribution is -2.74. The second-order valence-corrected chi connectivity index (χ2v) is 13.7. The number of benzene rings is 2. The number of Topliss-reactive ketones (excluding diaryl/α,β-unsaturated/α-hetero) is 4. The van der Waals surface area contributed by atoms with Gasteiger partial charge in [-0.05, 0) is 80.6 Å². The summed E-state index contributed by atoms with van der Waals surface area (Å²) in [7, 11) is 4.57. The molecule has 0 bridgehead atoms. The van der Waals surface area contributed by atoms with Crippen molar-refractivity contribution in [1.29, 1.82) is 0 Å². The van der Waals surface area contributed by atoms with E-state index in [1.165, 1.54) is 32.2 Å². The number of ether oxygens (including phenoxy) is 2. The van der Waals surface area contributed by atoms with Crippen LogP contribution in [0.15, 0.2) is 30.3 Å². The first kappa shape index (κ1) is 35.8. The van der Waals surface area contributed by atoms with E-state index in [-0.39, 0.29) is 42.6 Å². The molecule has 3 aliphatic rings. The minimum Gasteiger partial charge on any atom is -0.507 e. The maximum absolute atomic E-state index is 14.2. The number of ketones is 4. The first-order chi connectivity index (χ1) is 23.1. The lowest BCUT2D eigenvalue weighted by molar-refractivity contribution is -0.181. The third kappa shape index (κ3) is 5.83. The molecule has 0 radical (unpaired) electrons. The Bertz CT molecular complexity index is 1740. The number of nitrogens with one attached hydrogen (secondary N) is 1. The molecule has 0 spiro atoms. The minimum atomic E-state index is -2.80. The predicted molar refractivity (Wildman–Crippen MR) is 175 cm³/mol. The molecular weight excluding hydrogens is 634 g/mol. The van der Waals surface area contributed by atoms with Gasteiger partial charge in [-0.3, -0.25) is 33.7 Å². The van der Waals surface area contributed by atoms with Crippen molar-refractivity contribution in [3.63, 3.8) is 0 Å². The topological polar surface area (TPSA) is 203 Å². The number of phenolic OH excluding ortho intramolecular Hbond substituents is 1. The molecule has 262 valence electrons. The highest BCUT2D eigenvalue weighted by molar-refractivity contribution is 6.32. The van der Waals surface area contributed by atoms with Crippen molar-refractivity contribution in [3.05, 3.63) is 47.0 Å². The summed E-state index contributed by atoms with van der Waals surface area (Å²) in [6, 6.07) is 6.70. The molecule has 7 atom stereocenters. The number of likely N-dealkylation sites (N-methyl/N-ethyl adjacent to an activating group) is 1. The number of primary amides is 1. The van der Waals surface area contributed by atoms with E-state index in [4.69, 9.17) is 15.2 Å². The fraction of sp³-hybridized carbons (Fsp3) is 0.500. The Hall–Kier alpha value is -4.46. The molecule has 13 heteroatoms. The smallest absolute Gasteiger partial charge is 0.323 e. The largest absolute Gasteiger partial charge is 0.507 e. The molecule has 13 nitrogen and oxygen atoms in total. The molecule has 0 aromatic heterocycles.